The highest BCUT2D eigenvalue weighted by Crippen LogP contribution is 2.44. The van der Waals surface area contributed by atoms with Crippen molar-refractivity contribution in [3.8, 4) is 16.8 Å². The fourth-order valence-corrected chi connectivity index (χ4v) is 7.54. The number of hydrogen-bond acceptors (Lipinski definition) is 1. The first-order chi connectivity index (χ1) is 21.8. The van der Waals surface area contributed by atoms with E-state index in [9.17, 15) is 0 Å². The highest BCUT2D eigenvalue weighted by molar-refractivity contribution is 6.33. The number of benzene rings is 8. The topological polar surface area (TPSA) is 18.1 Å². The number of aromatic nitrogens is 1. The predicted molar refractivity (Wildman–Crippen MR) is 186 cm³/mol. The van der Waals surface area contributed by atoms with Crippen LogP contribution >= 0.6 is 0 Å². The van der Waals surface area contributed by atoms with Crippen molar-refractivity contribution < 1.29 is 4.42 Å². The van der Waals surface area contributed by atoms with Crippen molar-refractivity contribution in [1.29, 1.82) is 0 Å². The summed E-state index contributed by atoms with van der Waals surface area (Å²) in [5.41, 5.74) is 7.77. The molecule has 0 unspecified atom stereocenters. The van der Waals surface area contributed by atoms with Crippen molar-refractivity contribution >= 4 is 76.1 Å². The van der Waals surface area contributed by atoms with Crippen LogP contribution in [0.3, 0.4) is 0 Å². The maximum absolute atomic E-state index is 6.25. The zero-order chi connectivity index (χ0) is 28.8. The molecule has 204 valence electrons. The molecule has 0 spiro atoms. The maximum atomic E-state index is 6.25. The van der Waals surface area contributed by atoms with E-state index in [0.29, 0.717) is 0 Å². The lowest BCUT2D eigenvalue weighted by Gasteiger charge is -2.15. The Labute approximate surface area is 253 Å². The largest absolute Gasteiger partial charge is 0.456 e. The van der Waals surface area contributed by atoms with Crippen molar-refractivity contribution in [1.82, 2.24) is 4.57 Å². The number of fused-ring (bicyclic) bond motifs is 13. The van der Waals surface area contributed by atoms with E-state index < -0.39 is 0 Å². The Morgan fingerprint density at radius 3 is 1.80 bits per heavy atom. The number of hydrogen-bond donors (Lipinski definition) is 0. The lowest BCUT2D eigenvalue weighted by Crippen LogP contribution is -1.96. The Hall–Kier alpha value is -5.86. The van der Waals surface area contributed by atoms with Gasteiger partial charge < -0.3 is 8.98 Å². The van der Waals surface area contributed by atoms with Crippen LogP contribution in [0.25, 0.3) is 92.9 Å². The number of rotatable bonds is 2. The third-order valence-corrected chi connectivity index (χ3v) is 9.36. The second-order valence-electron chi connectivity index (χ2n) is 11.7. The maximum Gasteiger partial charge on any atom is 0.136 e. The van der Waals surface area contributed by atoms with Crippen molar-refractivity contribution in [2.45, 2.75) is 0 Å². The number of para-hydroxylation sites is 2. The van der Waals surface area contributed by atoms with Gasteiger partial charge in [-0.25, -0.2) is 0 Å². The van der Waals surface area contributed by atoms with E-state index in [1.165, 1.54) is 65.3 Å². The monoisotopic (exact) mass is 559 g/mol. The Morgan fingerprint density at radius 1 is 0.386 bits per heavy atom. The van der Waals surface area contributed by atoms with Crippen LogP contribution < -0.4 is 0 Å². The smallest absolute Gasteiger partial charge is 0.136 e. The molecule has 2 aromatic heterocycles. The summed E-state index contributed by atoms with van der Waals surface area (Å²) in [5.74, 6) is 0. The number of nitrogens with zero attached hydrogens (tertiary/aromatic N) is 1. The van der Waals surface area contributed by atoms with Gasteiger partial charge in [-0.05, 0) is 68.4 Å². The van der Waals surface area contributed by atoms with Crippen LogP contribution in [-0.2, 0) is 0 Å². The molecule has 0 aliphatic heterocycles. The molecule has 10 aromatic rings. The van der Waals surface area contributed by atoms with Crippen molar-refractivity contribution in [2.75, 3.05) is 0 Å². The van der Waals surface area contributed by atoms with Crippen LogP contribution in [0.5, 0.6) is 0 Å². The molecule has 0 saturated carbocycles. The number of furan rings is 1. The molecular weight excluding hydrogens is 534 g/mol. The molecule has 44 heavy (non-hydrogen) atoms. The van der Waals surface area contributed by atoms with Gasteiger partial charge in [0, 0.05) is 32.6 Å². The van der Waals surface area contributed by atoms with Gasteiger partial charge in [0.25, 0.3) is 0 Å². The van der Waals surface area contributed by atoms with Crippen LogP contribution in [0.4, 0.5) is 0 Å². The summed E-state index contributed by atoms with van der Waals surface area (Å²) in [6.07, 6.45) is 0. The van der Waals surface area contributed by atoms with Crippen LogP contribution in [0, 0.1) is 0 Å². The molecule has 2 heteroatoms. The molecule has 0 amide bonds. The first-order valence-electron chi connectivity index (χ1n) is 15.1. The van der Waals surface area contributed by atoms with Gasteiger partial charge >= 0.3 is 0 Å². The molecule has 10 rings (SSSR count). The highest BCUT2D eigenvalue weighted by Gasteiger charge is 2.19. The van der Waals surface area contributed by atoms with Crippen molar-refractivity contribution in [2.24, 2.45) is 0 Å². The zero-order valence-electron chi connectivity index (χ0n) is 23.8. The zero-order valence-corrected chi connectivity index (χ0v) is 23.8. The Bertz CT molecular complexity index is 2740. The second-order valence-corrected chi connectivity index (χ2v) is 11.7. The first kappa shape index (κ1) is 23.7. The summed E-state index contributed by atoms with van der Waals surface area (Å²) in [5, 5.41) is 12.5. The van der Waals surface area contributed by atoms with Crippen molar-refractivity contribution in [3.05, 3.63) is 152 Å². The van der Waals surface area contributed by atoms with Crippen LogP contribution in [0.15, 0.2) is 156 Å². The molecule has 0 bridgehead atoms. The summed E-state index contributed by atoms with van der Waals surface area (Å²) < 4.78 is 8.73. The molecule has 0 fully saturated rings. The standard InChI is InChI=1S/C42H25NO/c1-2-15-31-29(13-1)30-14-3-4-17-33(30)41-34(31)23-24-35-32-16-5-7-20-37(32)43(42(35)41)27-12-9-11-26(25-27)28-19-10-22-39-40(28)36-18-6-8-21-38(36)44-39/h1-25H. The van der Waals surface area contributed by atoms with E-state index in [1.807, 2.05) is 12.1 Å². The average molecular weight is 560 g/mol. The average Bonchev–Trinajstić information content (AvgIpc) is 3.64. The van der Waals surface area contributed by atoms with Crippen LogP contribution in [0.1, 0.15) is 0 Å². The van der Waals surface area contributed by atoms with Gasteiger partial charge in [-0.15, -0.1) is 0 Å². The third-order valence-electron chi connectivity index (χ3n) is 9.36. The SMILES string of the molecule is c1cc(-c2cccc3oc4ccccc4c23)cc(-n2c3ccccc3c3ccc4c5ccccc5c5ccccc5c4c32)c1. The Morgan fingerprint density at radius 2 is 0.977 bits per heavy atom. The van der Waals surface area contributed by atoms with Gasteiger partial charge in [0.2, 0.25) is 0 Å². The highest BCUT2D eigenvalue weighted by atomic mass is 16.3. The van der Waals surface area contributed by atoms with E-state index in [4.69, 9.17) is 4.42 Å². The molecule has 8 aromatic carbocycles. The lowest BCUT2D eigenvalue weighted by molar-refractivity contribution is 0.669. The third kappa shape index (κ3) is 3.14. The van der Waals surface area contributed by atoms with E-state index in [0.717, 1.165) is 27.6 Å². The van der Waals surface area contributed by atoms with Gasteiger partial charge in [0.05, 0.1) is 11.0 Å². The molecule has 0 N–H and O–H groups in total. The molecule has 2 nitrogen and oxygen atoms in total. The minimum Gasteiger partial charge on any atom is -0.456 e. The van der Waals surface area contributed by atoms with Crippen LogP contribution in [-0.4, -0.2) is 4.57 Å². The van der Waals surface area contributed by atoms with Crippen molar-refractivity contribution in [3.63, 3.8) is 0 Å². The lowest BCUT2D eigenvalue weighted by atomic mass is 9.93. The molecular formula is C42H25NO. The fourth-order valence-electron chi connectivity index (χ4n) is 7.54. The normalized spacial score (nSPS) is 12.1. The van der Waals surface area contributed by atoms with Gasteiger partial charge in [-0.1, -0.05) is 121 Å². The molecule has 0 aliphatic rings. The Balaban J connectivity index is 1.35. The predicted octanol–water partition coefficient (Wildman–Crippen LogP) is 11.8. The summed E-state index contributed by atoms with van der Waals surface area (Å²) in [4.78, 5) is 0. The summed E-state index contributed by atoms with van der Waals surface area (Å²) in [7, 11) is 0. The first-order valence-corrected chi connectivity index (χ1v) is 15.1. The molecule has 0 atom stereocenters. The van der Waals surface area contributed by atoms with Crippen LogP contribution in [0.2, 0.25) is 0 Å². The minimum atomic E-state index is 0.912. The van der Waals surface area contributed by atoms with E-state index in [-0.39, 0.29) is 0 Å². The van der Waals surface area contributed by atoms with Gasteiger partial charge in [-0.2, -0.15) is 0 Å². The fraction of sp³-hybridized carbons (Fsp3) is 0. The van der Waals surface area contributed by atoms with Gasteiger partial charge in [0.15, 0.2) is 0 Å². The Kier molecular flexibility index (Phi) is 4.75. The quantitative estimate of drug-likeness (QED) is 0.193. The van der Waals surface area contributed by atoms with E-state index in [2.05, 4.69) is 144 Å². The molecule has 2 heterocycles. The molecule has 0 radical (unpaired) electrons. The van der Waals surface area contributed by atoms with E-state index >= 15 is 0 Å². The summed E-state index contributed by atoms with van der Waals surface area (Å²) >= 11 is 0. The second kappa shape index (κ2) is 8.82. The summed E-state index contributed by atoms with van der Waals surface area (Å²) in [6.45, 7) is 0. The van der Waals surface area contributed by atoms with Gasteiger partial charge in [0.1, 0.15) is 11.2 Å². The van der Waals surface area contributed by atoms with Gasteiger partial charge in [-0.3, -0.25) is 0 Å². The van der Waals surface area contributed by atoms with E-state index in [1.54, 1.807) is 0 Å². The molecule has 0 saturated heterocycles. The summed E-state index contributed by atoms with van der Waals surface area (Å²) in [6, 6.07) is 54.8. The molecule has 0 aliphatic carbocycles. The minimum absolute atomic E-state index is 0.912.